The van der Waals surface area contributed by atoms with Gasteiger partial charge < -0.3 is 14.5 Å². The molecule has 0 saturated carbocycles. The second-order valence-electron chi connectivity index (χ2n) is 3.41. The quantitative estimate of drug-likeness (QED) is 0.944. The molecule has 1 heterocycles. The van der Waals surface area contributed by atoms with Gasteiger partial charge in [0.05, 0.1) is 7.11 Å². The van der Waals surface area contributed by atoms with Crippen LogP contribution in [0.1, 0.15) is 10.6 Å². The smallest absolute Gasteiger partial charge is 0.291 e. The lowest BCUT2D eigenvalue weighted by Crippen LogP contribution is -2.11. The van der Waals surface area contributed by atoms with Gasteiger partial charge in [0.1, 0.15) is 0 Å². The van der Waals surface area contributed by atoms with Gasteiger partial charge >= 0.3 is 0 Å². The first-order valence-electron chi connectivity index (χ1n) is 5.00. The van der Waals surface area contributed by atoms with Crippen LogP contribution in [0.3, 0.4) is 0 Å². The molecule has 18 heavy (non-hydrogen) atoms. The first-order valence-corrected chi connectivity index (χ1v) is 5.79. The molecular formula is C12H9BrFNO3. The van der Waals surface area contributed by atoms with E-state index in [9.17, 15) is 9.18 Å². The maximum absolute atomic E-state index is 13.4. The van der Waals surface area contributed by atoms with Crippen LogP contribution >= 0.6 is 15.9 Å². The molecule has 1 amide bonds. The van der Waals surface area contributed by atoms with Crippen molar-refractivity contribution in [1.29, 1.82) is 0 Å². The van der Waals surface area contributed by atoms with Crippen molar-refractivity contribution in [2.75, 3.05) is 12.4 Å². The number of hydrogen-bond donors (Lipinski definition) is 1. The number of methoxy groups -OCH3 is 1. The fourth-order valence-electron chi connectivity index (χ4n) is 1.37. The third-order valence-electron chi connectivity index (χ3n) is 2.21. The molecule has 1 aromatic heterocycles. The average Bonchev–Trinajstić information content (AvgIpc) is 2.76. The topological polar surface area (TPSA) is 51.5 Å². The Morgan fingerprint density at radius 3 is 2.72 bits per heavy atom. The van der Waals surface area contributed by atoms with E-state index in [1.54, 1.807) is 6.07 Å². The molecule has 0 radical (unpaired) electrons. The molecule has 0 bridgehead atoms. The fourth-order valence-corrected chi connectivity index (χ4v) is 1.68. The van der Waals surface area contributed by atoms with Gasteiger partial charge in [0.25, 0.3) is 5.91 Å². The predicted molar refractivity (Wildman–Crippen MR) is 67.3 cm³/mol. The number of benzene rings is 1. The lowest BCUT2D eigenvalue weighted by Gasteiger charge is -2.05. The van der Waals surface area contributed by atoms with E-state index in [0.29, 0.717) is 10.4 Å². The standard InChI is InChI=1S/C12H9BrFNO3/c1-17-9-3-2-7(6-8(9)14)15-12(16)10-4-5-11(13)18-10/h2-6H,1H3,(H,15,16). The molecule has 2 aromatic rings. The van der Waals surface area contributed by atoms with Gasteiger partial charge in [-0.3, -0.25) is 4.79 Å². The van der Waals surface area contributed by atoms with E-state index in [2.05, 4.69) is 21.2 Å². The van der Waals surface area contributed by atoms with E-state index in [4.69, 9.17) is 9.15 Å². The lowest BCUT2D eigenvalue weighted by atomic mass is 10.3. The minimum absolute atomic E-state index is 0.119. The second-order valence-corrected chi connectivity index (χ2v) is 4.19. The van der Waals surface area contributed by atoms with E-state index in [-0.39, 0.29) is 11.5 Å². The first-order chi connectivity index (χ1) is 8.60. The minimum atomic E-state index is -0.545. The van der Waals surface area contributed by atoms with Crippen molar-refractivity contribution >= 4 is 27.5 Å². The van der Waals surface area contributed by atoms with Crippen LogP contribution in [0.4, 0.5) is 10.1 Å². The Kier molecular flexibility index (Phi) is 3.66. The van der Waals surface area contributed by atoms with E-state index in [1.807, 2.05) is 0 Å². The van der Waals surface area contributed by atoms with E-state index >= 15 is 0 Å². The highest BCUT2D eigenvalue weighted by atomic mass is 79.9. The number of ether oxygens (including phenoxy) is 1. The molecule has 0 atom stereocenters. The number of halogens is 2. The third kappa shape index (κ3) is 2.70. The predicted octanol–water partition coefficient (Wildman–Crippen LogP) is 3.44. The van der Waals surface area contributed by atoms with Gasteiger partial charge in [0, 0.05) is 11.8 Å². The van der Waals surface area contributed by atoms with E-state index < -0.39 is 11.7 Å². The summed E-state index contributed by atoms with van der Waals surface area (Å²) in [5.74, 6) is -0.743. The number of carbonyl (C=O) groups excluding carboxylic acids is 1. The largest absolute Gasteiger partial charge is 0.494 e. The molecule has 94 valence electrons. The van der Waals surface area contributed by atoms with Gasteiger partial charge in [0.2, 0.25) is 0 Å². The van der Waals surface area contributed by atoms with Crippen LogP contribution in [0.15, 0.2) is 39.4 Å². The van der Waals surface area contributed by atoms with Crippen molar-refractivity contribution < 1.29 is 18.3 Å². The summed E-state index contributed by atoms with van der Waals surface area (Å²) in [6.45, 7) is 0. The van der Waals surface area contributed by atoms with Crippen molar-refractivity contribution in [2.45, 2.75) is 0 Å². The Bertz CT molecular complexity index is 582. The Balaban J connectivity index is 2.14. The van der Waals surface area contributed by atoms with Crippen LogP contribution in [0.2, 0.25) is 0 Å². The summed E-state index contributed by atoms with van der Waals surface area (Å²) in [4.78, 5) is 11.7. The van der Waals surface area contributed by atoms with E-state index in [1.165, 1.54) is 31.4 Å². The van der Waals surface area contributed by atoms with Crippen molar-refractivity contribution in [3.63, 3.8) is 0 Å². The summed E-state index contributed by atoms with van der Waals surface area (Å²) >= 11 is 3.09. The van der Waals surface area contributed by atoms with Crippen LogP contribution in [0.25, 0.3) is 0 Å². The van der Waals surface area contributed by atoms with Gasteiger partial charge in [-0.1, -0.05) is 0 Å². The van der Waals surface area contributed by atoms with Gasteiger partial charge in [0.15, 0.2) is 22.0 Å². The average molecular weight is 314 g/mol. The zero-order valence-corrected chi connectivity index (χ0v) is 11.0. The van der Waals surface area contributed by atoms with Crippen molar-refractivity contribution in [1.82, 2.24) is 0 Å². The fraction of sp³-hybridized carbons (Fsp3) is 0.0833. The van der Waals surface area contributed by atoms with Gasteiger partial charge in [-0.05, 0) is 40.2 Å². The van der Waals surface area contributed by atoms with Gasteiger partial charge in [-0.2, -0.15) is 0 Å². The summed E-state index contributed by atoms with van der Waals surface area (Å²) in [6.07, 6.45) is 0. The van der Waals surface area contributed by atoms with Crippen LogP contribution in [0, 0.1) is 5.82 Å². The summed E-state index contributed by atoms with van der Waals surface area (Å²) in [6, 6.07) is 7.26. The SMILES string of the molecule is COc1ccc(NC(=O)c2ccc(Br)o2)cc1F. The number of rotatable bonds is 3. The highest BCUT2D eigenvalue weighted by Crippen LogP contribution is 2.21. The van der Waals surface area contributed by atoms with Crippen molar-refractivity contribution in [2.24, 2.45) is 0 Å². The highest BCUT2D eigenvalue weighted by Gasteiger charge is 2.12. The lowest BCUT2D eigenvalue weighted by molar-refractivity contribution is 0.0995. The number of hydrogen-bond acceptors (Lipinski definition) is 3. The number of nitrogens with one attached hydrogen (secondary N) is 1. The molecule has 0 saturated heterocycles. The summed E-state index contributed by atoms with van der Waals surface area (Å²) in [5.41, 5.74) is 0.325. The van der Waals surface area contributed by atoms with Crippen LogP contribution in [0.5, 0.6) is 5.75 Å². The van der Waals surface area contributed by atoms with Gasteiger partial charge in [-0.15, -0.1) is 0 Å². The molecule has 6 heteroatoms. The van der Waals surface area contributed by atoms with Crippen LogP contribution in [-0.4, -0.2) is 13.0 Å². The van der Waals surface area contributed by atoms with Crippen molar-refractivity contribution in [3.05, 3.63) is 46.6 Å². The van der Waals surface area contributed by atoms with Crippen LogP contribution < -0.4 is 10.1 Å². The Labute approximate surface area is 111 Å². The Hall–Kier alpha value is -1.82. The summed E-state index contributed by atoms with van der Waals surface area (Å²) < 4.78 is 23.7. The molecule has 0 aliphatic rings. The van der Waals surface area contributed by atoms with Crippen molar-refractivity contribution in [3.8, 4) is 5.75 Å². The molecule has 1 N–H and O–H groups in total. The Morgan fingerprint density at radius 1 is 1.39 bits per heavy atom. The van der Waals surface area contributed by atoms with Crippen LogP contribution in [-0.2, 0) is 0 Å². The monoisotopic (exact) mass is 313 g/mol. The zero-order chi connectivity index (χ0) is 13.1. The second kappa shape index (κ2) is 5.22. The number of furan rings is 1. The minimum Gasteiger partial charge on any atom is -0.494 e. The summed E-state index contributed by atoms with van der Waals surface area (Å²) in [5, 5.41) is 2.51. The molecule has 0 spiro atoms. The maximum atomic E-state index is 13.4. The van der Waals surface area contributed by atoms with Gasteiger partial charge in [-0.25, -0.2) is 4.39 Å². The third-order valence-corrected chi connectivity index (χ3v) is 2.63. The van der Waals surface area contributed by atoms with E-state index in [0.717, 1.165) is 0 Å². The molecule has 2 rings (SSSR count). The molecule has 0 aliphatic heterocycles. The molecule has 4 nitrogen and oxygen atoms in total. The molecule has 1 aromatic carbocycles. The first kappa shape index (κ1) is 12.6. The number of carbonyl (C=O) groups is 1. The molecule has 0 aliphatic carbocycles. The molecule has 0 unspecified atom stereocenters. The highest BCUT2D eigenvalue weighted by molar-refractivity contribution is 9.10. The Morgan fingerprint density at radius 2 is 2.17 bits per heavy atom. The molecular weight excluding hydrogens is 305 g/mol. The maximum Gasteiger partial charge on any atom is 0.291 e. The normalized spacial score (nSPS) is 10.2. The number of anilines is 1. The zero-order valence-electron chi connectivity index (χ0n) is 9.37. The molecule has 0 fully saturated rings. The number of amides is 1. The summed E-state index contributed by atoms with van der Waals surface area (Å²) in [7, 11) is 1.37.